The van der Waals surface area contributed by atoms with Crippen LogP contribution in [-0.2, 0) is 22.9 Å². The van der Waals surface area contributed by atoms with Gasteiger partial charge in [0.05, 0.1) is 16.3 Å². The molecule has 5 rings (SSSR count). The molecule has 1 aliphatic carbocycles. The Balaban J connectivity index is 1.39. The molecular formula is C21H14Cl2N4O3S2. The van der Waals surface area contributed by atoms with Gasteiger partial charge in [0.1, 0.15) is 0 Å². The third-order valence-electron chi connectivity index (χ3n) is 5.15. The van der Waals surface area contributed by atoms with Crippen molar-refractivity contribution in [1.82, 2.24) is 10.2 Å². The van der Waals surface area contributed by atoms with E-state index in [1.54, 1.807) is 6.07 Å². The highest BCUT2D eigenvalue weighted by Gasteiger charge is 2.24. The molecule has 0 radical (unpaired) electrons. The van der Waals surface area contributed by atoms with Gasteiger partial charge < -0.3 is 0 Å². The van der Waals surface area contributed by atoms with Crippen LogP contribution in [0.15, 0.2) is 52.9 Å². The molecule has 11 heteroatoms. The van der Waals surface area contributed by atoms with E-state index in [0.29, 0.717) is 10.7 Å². The highest BCUT2D eigenvalue weighted by molar-refractivity contribution is 7.94. The Labute approximate surface area is 197 Å². The average molecular weight is 505 g/mol. The molecule has 0 bridgehead atoms. The third-order valence-corrected chi connectivity index (χ3v) is 8.27. The van der Waals surface area contributed by atoms with E-state index in [0.717, 1.165) is 35.0 Å². The second-order valence-electron chi connectivity index (χ2n) is 7.17. The van der Waals surface area contributed by atoms with Crippen LogP contribution < -0.4 is 10.0 Å². The normalized spacial score (nSPS) is 12.8. The van der Waals surface area contributed by atoms with Gasteiger partial charge in [-0.25, -0.2) is 0 Å². The predicted octanol–water partition coefficient (Wildman–Crippen LogP) is 5.15. The lowest BCUT2D eigenvalue weighted by atomic mass is 10.0. The Morgan fingerprint density at radius 2 is 1.78 bits per heavy atom. The number of aromatic nitrogens is 2. The Hall–Kier alpha value is -2.72. The number of aryl methyl sites for hydroxylation is 2. The van der Waals surface area contributed by atoms with Gasteiger partial charge in [-0.15, -0.1) is 10.2 Å². The van der Waals surface area contributed by atoms with E-state index in [1.807, 2.05) is 18.2 Å². The number of halogens is 2. The molecular weight excluding hydrogens is 491 g/mol. The van der Waals surface area contributed by atoms with Crippen molar-refractivity contribution >= 4 is 72.1 Å². The molecule has 0 aliphatic heterocycles. The van der Waals surface area contributed by atoms with E-state index in [4.69, 9.17) is 23.2 Å². The van der Waals surface area contributed by atoms with E-state index < -0.39 is 15.9 Å². The van der Waals surface area contributed by atoms with Crippen LogP contribution in [0.4, 0.5) is 10.8 Å². The molecule has 162 valence electrons. The SMILES string of the molecule is O=C(Nc1nnc(S(=O)(=O)Nc2ccc3c4c(cccc24)CC3)s1)c1ccc(Cl)cc1Cl. The lowest BCUT2D eigenvalue weighted by molar-refractivity contribution is 0.102. The van der Waals surface area contributed by atoms with Crippen LogP contribution in [0.3, 0.4) is 0 Å². The zero-order valence-corrected chi connectivity index (χ0v) is 19.4. The first kappa shape index (κ1) is 21.1. The summed E-state index contributed by atoms with van der Waals surface area (Å²) in [5, 5.41) is 12.6. The molecule has 0 spiro atoms. The number of carbonyl (C=O) groups excluding carboxylic acids is 1. The van der Waals surface area contributed by atoms with Crippen molar-refractivity contribution < 1.29 is 13.2 Å². The number of carbonyl (C=O) groups is 1. The topological polar surface area (TPSA) is 101 Å². The molecule has 0 saturated heterocycles. The zero-order chi connectivity index (χ0) is 22.5. The highest BCUT2D eigenvalue weighted by Crippen LogP contribution is 2.36. The predicted molar refractivity (Wildman–Crippen MR) is 126 cm³/mol. The van der Waals surface area contributed by atoms with Gasteiger partial charge in [0.2, 0.25) is 5.13 Å². The van der Waals surface area contributed by atoms with Gasteiger partial charge >= 0.3 is 0 Å². The molecule has 1 aliphatic rings. The summed E-state index contributed by atoms with van der Waals surface area (Å²) in [6, 6.07) is 14.0. The quantitative estimate of drug-likeness (QED) is 0.366. The maximum absolute atomic E-state index is 12.9. The number of anilines is 2. The lowest BCUT2D eigenvalue weighted by Gasteiger charge is -2.10. The maximum atomic E-state index is 12.9. The average Bonchev–Trinajstić information content (AvgIpc) is 3.38. The second kappa shape index (κ2) is 8.00. The van der Waals surface area contributed by atoms with Crippen molar-refractivity contribution in [2.45, 2.75) is 17.2 Å². The van der Waals surface area contributed by atoms with Crippen LogP contribution in [0, 0.1) is 0 Å². The van der Waals surface area contributed by atoms with E-state index in [2.05, 4.69) is 26.3 Å². The van der Waals surface area contributed by atoms with Gasteiger partial charge in [-0.1, -0.05) is 58.8 Å². The first-order chi connectivity index (χ1) is 15.3. The largest absolute Gasteiger partial charge is 0.296 e. The Bertz CT molecular complexity index is 1490. The van der Waals surface area contributed by atoms with Crippen molar-refractivity contribution in [2.75, 3.05) is 10.0 Å². The minimum absolute atomic E-state index is 0.0294. The van der Waals surface area contributed by atoms with Gasteiger partial charge in [0.15, 0.2) is 0 Å². The van der Waals surface area contributed by atoms with Crippen LogP contribution in [0.2, 0.25) is 10.0 Å². The van der Waals surface area contributed by atoms with E-state index in [-0.39, 0.29) is 20.1 Å². The van der Waals surface area contributed by atoms with Gasteiger partial charge in [-0.2, -0.15) is 8.42 Å². The number of rotatable bonds is 5. The summed E-state index contributed by atoms with van der Waals surface area (Å²) in [6.07, 6.45) is 1.89. The zero-order valence-electron chi connectivity index (χ0n) is 16.2. The van der Waals surface area contributed by atoms with Gasteiger partial charge in [0.25, 0.3) is 20.3 Å². The molecule has 2 N–H and O–H groups in total. The number of nitrogens with one attached hydrogen (secondary N) is 2. The summed E-state index contributed by atoms with van der Waals surface area (Å²) < 4.78 is 28.2. The first-order valence-electron chi connectivity index (χ1n) is 9.48. The fraction of sp³-hybridized carbons (Fsp3) is 0.0952. The third kappa shape index (κ3) is 3.81. The summed E-state index contributed by atoms with van der Waals surface area (Å²) in [6.45, 7) is 0. The van der Waals surface area contributed by atoms with Gasteiger partial charge in [-0.05, 0) is 53.6 Å². The van der Waals surface area contributed by atoms with Gasteiger partial charge in [-0.3, -0.25) is 14.8 Å². The highest BCUT2D eigenvalue weighted by atomic mass is 35.5. The summed E-state index contributed by atoms with van der Waals surface area (Å²) >= 11 is 12.6. The van der Waals surface area contributed by atoms with Crippen molar-refractivity contribution in [3.63, 3.8) is 0 Å². The fourth-order valence-electron chi connectivity index (χ4n) is 3.73. The van der Waals surface area contributed by atoms with E-state index >= 15 is 0 Å². The van der Waals surface area contributed by atoms with Crippen molar-refractivity contribution in [2.24, 2.45) is 0 Å². The van der Waals surface area contributed by atoms with Crippen molar-refractivity contribution in [3.8, 4) is 0 Å². The minimum Gasteiger partial charge on any atom is -0.296 e. The Morgan fingerprint density at radius 1 is 1.00 bits per heavy atom. The molecule has 3 aromatic carbocycles. The van der Waals surface area contributed by atoms with Crippen LogP contribution >= 0.6 is 34.5 Å². The minimum atomic E-state index is -4.00. The summed E-state index contributed by atoms with van der Waals surface area (Å²) in [5.74, 6) is -0.549. The molecule has 1 aromatic heterocycles. The molecule has 1 heterocycles. The fourth-order valence-corrected chi connectivity index (χ4v) is 6.20. The van der Waals surface area contributed by atoms with E-state index in [9.17, 15) is 13.2 Å². The number of sulfonamides is 1. The van der Waals surface area contributed by atoms with Crippen LogP contribution in [0.25, 0.3) is 10.8 Å². The molecule has 1 amide bonds. The number of nitrogens with zero attached hydrogens (tertiary/aromatic N) is 2. The smallest absolute Gasteiger partial charge is 0.291 e. The Kier molecular flexibility index (Phi) is 5.29. The van der Waals surface area contributed by atoms with E-state index in [1.165, 1.54) is 29.3 Å². The summed E-state index contributed by atoms with van der Waals surface area (Å²) in [4.78, 5) is 12.4. The maximum Gasteiger partial charge on any atom is 0.291 e. The second-order valence-corrected chi connectivity index (χ2v) is 10.8. The molecule has 0 unspecified atom stereocenters. The molecule has 0 atom stereocenters. The van der Waals surface area contributed by atoms with Gasteiger partial charge in [0, 0.05) is 10.4 Å². The molecule has 32 heavy (non-hydrogen) atoms. The van der Waals surface area contributed by atoms with Crippen LogP contribution in [0.1, 0.15) is 21.5 Å². The summed E-state index contributed by atoms with van der Waals surface area (Å²) in [7, 11) is -4.00. The number of hydrogen-bond donors (Lipinski definition) is 2. The molecule has 0 fully saturated rings. The standard InChI is InChI=1S/C21H14Cl2N4O3S2/c22-13-7-8-14(16(23)10-13)19(28)24-20-25-26-21(31-20)32(29,30)27-17-9-6-12-5-4-11-2-1-3-15(17)18(11)12/h1-3,6-10,27H,4-5H2,(H,24,25,28). The molecule has 0 saturated carbocycles. The van der Waals surface area contributed by atoms with Crippen molar-refractivity contribution in [3.05, 3.63) is 75.3 Å². The molecule has 4 aromatic rings. The number of hydrogen-bond acceptors (Lipinski definition) is 6. The van der Waals surface area contributed by atoms with Crippen LogP contribution in [0.5, 0.6) is 0 Å². The number of amides is 1. The monoisotopic (exact) mass is 504 g/mol. The lowest BCUT2D eigenvalue weighted by Crippen LogP contribution is -2.13. The first-order valence-corrected chi connectivity index (χ1v) is 12.5. The number of benzene rings is 3. The summed E-state index contributed by atoms with van der Waals surface area (Å²) in [5.41, 5.74) is 3.07. The Morgan fingerprint density at radius 3 is 2.56 bits per heavy atom. The molecule has 7 nitrogen and oxygen atoms in total. The van der Waals surface area contributed by atoms with Crippen molar-refractivity contribution in [1.29, 1.82) is 0 Å². The van der Waals surface area contributed by atoms with Crippen LogP contribution in [-0.4, -0.2) is 24.5 Å².